The number of carbonyl (C=O) groups excluding carboxylic acids is 2. The Morgan fingerprint density at radius 2 is 1.75 bits per heavy atom. The number of hydrogen-bond donors (Lipinski definition) is 2. The SMILES string of the molecule is CC(C)(C)OC(=O)N1CCCC1COc1cc(-c2ccc(C(N)=O)c(NCc3ccncc3)n2)ccc1C(F)(F)C(F)(F)F. The molecule has 3 N–H and O–H groups in total. The Hall–Kier alpha value is -4.49. The smallest absolute Gasteiger partial charge is 0.458 e. The monoisotopic (exact) mass is 621 g/mol. The van der Waals surface area contributed by atoms with Crippen LogP contribution in [-0.4, -0.2) is 57.8 Å². The van der Waals surface area contributed by atoms with E-state index < -0.39 is 47.1 Å². The number of aromatic nitrogens is 2. The number of primary amides is 1. The van der Waals surface area contributed by atoms with Gasteiger partial charge in [0.1, 0.15) is 23.8 Å². The number of amides is 2. The van der Waals surface area contributed by atoms with Crippen molar-refractivity contribution in [1.29, 1.82) is 0 Å². The normalized spacial score (nSPS) is 15.6. The summed E-state index contributed by atoms with van der Waals surface area (Å²) in [6.45, 7) is 5.27. The van der Waals surface area contributed by atoms with Crippen LogP contribution in [0.3, 0.4) is 0 Å². The maximum atomic E-state index is 14.6. The van der Waals surface area contributed by atoms with Crippen molar-refractivity contribution in [3.8, 4) is 17.0 Å². The molecule has 44 heavy (non-hydrogen) atoms. The summed E-state index contributed by atoms with van der Waals surface area (Å²) in [5.74, 6) is -6.66. The third-order valence-corrected chi connectivity index (χ3v) is 6.78. The van der Waals surface area contributed by atoms with Crippen molar-refractivity contribution in [3.63, 3.8) is 0 Å². The van der Waals surface area contributed by atoms with Crippen LogP contribution in [0, 0.1) is 0 Å². The summed E-state index contributed by atoms with van der Waals surface area (Å²) in [7, 11) is 0. The number of rotatable bonds is 9. The molecule has 14 heteroatoms. The molecule has 1 fully saturated rings. The molecule has 2 aromatic heterocycles. The van der Waals surface area contributed by atoms with Crippen molar-refractivity contribution in [2.24, 2.45) is 5.73 Å². The summed E-state index contributed by atoms with van der Waals surface area (Å²) in [6, 6.07) is 8.33. The number of nitrogens with two attached hydrogens (primary N) is 1. The zero-order valence-corrected chi connectivity index (χ0v) is 24.3. The van der Waals surface area contributed by atoms with Gasteiger partial charge in [0.05, 0.1) is 22.9 Å². The van der Waals surface area contributed by atoms with E-state index in [1.165, 1.54) is 17.0 Å². The van der Waals surface area contributed by atoms with Gasteiger partial charge < -0.3 is 25.4 Å². The lowest BCUT2D eigenvalue weighted by molar-refractivity contribution is -0.289. The van der Waals surface area contributed by atoms with Crippen LogP contribution in [0.1, 0.15) is 55.1 Å². The Morgan fingerprint density at radius 1 is 1.05 bits per heavy atom. The number of halogens is 5. The molecule has 1 aliphatic heterocycles. The number of ether oxygens (including phenoxy) is 2. The van der Waals surface area contributed by atoms with Gasteiger partial charge in [-0.2, -0.15) is 22.0 Å². The summed E-state index contributed by atoms with van der Waals surface area (Å²) < 4.78 is 80.6. The Kier molecular flexibility index (Phi) is 9.30. The minimum Gasteiger partial charge on any atom is -0.491 e. The molecule has 9 nitrogen and oxygen atoms in total. The summed E-state index contributed by atoms with van der Waals surface area (Å²) in [6.07, 6.45) is -2.36. The van der Waals surface area contributed by atoms with Crippen molar-refractivity contribution in [2.45, 2.75) is 63.9 Å². The Balaban J connectivity index is 1.67. The fourth-order valence-corrected chi connectivity index (χ4v) is 4.61. The molecule has 1 unspecified atom stereocenters. The first kappa shape index (κ1) is 32.4. The van der Waals surface area contributed by atoms with Crippen LogP contribution in [0.15, 0.2) is 54.9 Å². The second-order valence-electron chi connectivity index (χ2n) is 11.2. The highest BCUT2D eigenvalue weighted by molar-refractivity contribution is 5.98. The van der Waals surface area contributed by atoms with Crippen LogP contribution >= 0.6 is 0 Å². The summed E-state index contributed by atoms with van der Waals surface area (Å²) >= 11 is 0. The van der Waals surface area contributed by atoms with E-state index in [0.717, 1.165) is 17.7 Å². The highest BCUT2D eigenvalue weighted by atomic mass is 19.4. The molecule has 3 heterocycles. The third-order valence-electron chi connectivity index (χ3n) is 6.78. The molecule has 0 aliphatic carbocycles. The highest BCUT2D eigenvalue weighted by Crippen LogP contribution is 2.48. The molecule has 1 atom stereocenters. The van der Waals surface area contributed by atoms with Crippen molar-refractivity contribution in [1.82, 2.24) is 14.9 Å². The van der Waals surface area contributed by atoms with Gasteiger partial charge in [0.25, 0.3) is 5.91 Å². The first-order valence-corrected chi connectivity index (χ1v) is 13.7. The quantitative estimate of drug-likeness (QED) is 0.270. The number of pyridine rings is 2. The topological polar surface area (TPSA) is 120 Å². The van der Waals surface area contributed by atoms with Crippen molar-refractivity contribution >= 4 is 17.8 Å². The van der Waals surface area contributed by atoms with Gasteiger partial charge in [0.15, 0.2) is 0 Å². The van der Waals surface area contributed by atoms with E-state index in [2.05, 4.69) is 15.3 Å². The number of nitrogens with zero attached hydrogens (tertiary/aromatic N) is 3. The standard InChI is InChI=1S/C30H32F5N5O4/c1-28(2,3)44-27(42)40-14-4-5-20(40)17-43-24-15-19(6-8-22(24)29(31,32)30(33,34)35)23-9-7-21(25(36)41)26(39-23)38-16-18-10-12-37-13-11-18/h6-13,15,20H,4-5,14,16-17H2,1-3H3,(H2,36,41)(H,38,39). The van der Waals surface area contributed by atoms with Crippen LogP contribution in [0.5, 0.6) is 5.75 Å². The lowest BCUT2D eigenvalue weighted by Gasteiger charge is -2.29. The van der Waals surface area contributed by atoms with Gasteiger partial charge in [0, 0.05) is 31.0 Å². The second-order valence-corrected chi connectivity index (χ2v) is 11.2. The predicted molar refractivity (Wildman–Crippen MR) is 151 cm³/mol. The molecule has 4 rings (SSSR count). The van der Waals surface area contributed by atoms with Crippen LogP contribution in [0.4, 0.5) is 32.6 Å². The van der Waals surface area contributed by atoms with Gasteiger partial charge in [-0.25, -0.2) is 9.78 Å². The number of benzene rings is 1. The van der Waals surface area contributed by atoms with Gasteiger partial charge in [-0.05, 0) is 75.6 Å². The van der Waals surface area contributed by atoms with E-state index in [1.54, 1.807) is 45.3 Å². The maximum absolute atomic E-state index is 14.6. The summed E-state index contributed by atoms with van der Waals surface area (Å²) in [4.78, 5) is 34.4. The Labute approximate surface area is 250 Å². The molecule has 3 aromatic rings. The number of carbonyl (C=O) groups is 2. The minimum atomic E-state index is -5.89. The number of nitrogens with one attached hydrogen (secondary N) is 1. The molecule has 1 aromatic carbocycles. The second kappa shape index (κ2) is 12.6. The summed E-state index contributed by atoms with van der Waals surface area (Å²) in [5.41, 5.74) is 4.46. The Morgan fingerprint density at radius 3 is 2.39 bits per heavy atom. The number of likely N-dealkylation sites (tertiary alicyclic amines) is 1. The predicted octanol–water partition coefficient (Wildman–Crippen LogP) is 6.29. The summed E-state index contributed by atoms with van der Waals surface area (Å²) in [5, 5.41) is 3.00. The van der Waals surface area contributed by atoms with E-state index in [-0.39, 0.29) is 35.8 Å². The van der Waals surface area contributed by atoms with Crippen molar-refractivity contribution in [3.05, 3.63) is 71.5 Å². The van der Waals surface area contributed by atoms with Crippen LogP contribution in [0.25, 0.3) is 11.3 Å². The van der Waals surface area contributed by atoms with Gasteiger partial charge in [0.2, 0.25) is 0 Å². The number of alkyl halides is 5. The molecular formula is C30H32F5N5O4. The van der Waals surface area contributed by atoms with E-state index in [0.29, 0.717) is 25.5 Å². The average Bonchev–Trinajstić information content (AvgIpc) is 3.42. The van der Waals surface area contributed by atoms with Crippen LogP contribution < -0.4 is 15.8 Å². The zero-order chi connectivity index (χ0) is 32.3. The van der Waals surface area contributed by atoms with E-state index in [1.807, 2.05) is 0 Å². The first-order chi connectivity index (χ1) is 20.6. The molecule has 2 amide bonds. The van der Waals surface area contributed by atoms with Gasteiger partial charge in [-0.3, -0.25) is 9.78 Å². The largest absolute Gasteiger partial charge is 0.491 e. The third kappa shape index (κ3) is 7.53. The molecule has 1 saturated heterocycles. The first-order valence-electron chi connectivity index (χ1n) is 13.7. The van der Waals surface area contributed by atoms with Crippen molar-refractivity contribution in [2.75, 3.05) is 18.5 Å². The highest BCUT2D eigenvalue weighted by Gasteiger charge is 2.60. The molecule has 0 spiro atoms. The van der Waals surface area contributed by atoms with Gasteiger partial charge in [-0.15, -0.1) is 0 Å². The maximum Gasteiger partial charge on any atom is 0.458 e. The lowest BCUT2D eigenvalue weighted by Crippen LogP contribution is -2.42. The molecule has 0 saturated carbocycles. The fraction of sp³-hybridized carbons (Fsp3) is 0.400. The molecule has 0 radical (unpaired) electrons. The Bertz CT molecular complexity index is 1500. The molecule has 0 bridgehead atoms. The number of anilines is 1. The molecule has 1 aliphatic rings. The average molecular weight is 622 g/mol. The van der Waals surface area contributed by atoms with Crippen molar-refractivity contribution < 1.29 is 41.0 Å². The molecule has 236 valence electrons. The molecular weight excluding hydrogens is 589 g/mol. The zero-order valence-electron chi connectivity index (χ0n) is 24.3. The fourth-order valence-electron chi connectivity index (χ4n) is 4.61. The van der Waals surface area contributed by atoms with Gasteiger partial charge >= 0.3 is 18.2 Å². The van der Waals surface area contributed by atoms with Crippen LogP contribution in [-0.2, 0) is 17.2 Å². The van der Waals surface area contributed by atoms with E-state index in [9.17, 15) is 31.5 Å². The van der Waals surface area contributed by atoms with E-state index in [4.69, 9.17) is 15.2 Å². The lowest BCUT2D eigenvalue weighted by atomic mass is 10.0. The van der Waals surface area contributed by atoms with Gasteiger partial charge in [-0.1, -0.05) is 6.07 Å². The number of hydrogen-bond acceptors (Lipinski definition) is 7. The van der Waals surface area contributed by atoms with Crippen LogP contribution in [0.2, 0.25) is 0 Å². The minimum absolute atomic E-state index is 0.0444. The van der Waals surface area contributed by atoms with E-state index >= 15 is 0 Å².